The lowest BCUT2D eigenvalue weighted by molar-refractivity contribution is -0.138. The van der Waals surface area contributed by atoms with Crippen molar-refractivity contribution in [1.29, 1.82) is 0 Å². The Hall–Kier alpha value is -2.29. The highest BCUT2D eigenvalue weighted by molar-refractivity contribution is 5.76. The molecule has 1 atom stereocenters. The minimum absolute atomic E-state index is 0.501. The maximum absolute atomic E-state index is 11.5. The fraction of sp³-hybridized carbons (Fsp3) is 0.235. The van der Waals surface area contributed by atoms with Gasteiger partial charge in [-0.3, -0.25) is 4.79 Å². The lowest BCUT2D eigenvalue weighted by atomic mass is 9.92. The van der Waals surface area contributed by atoms with E-state index in [9.17, 15) is 9.90 Å². The van der Waals surface area contributed by atoms with Crippen LogP contribution in [0.25, 0.3) is 0 Å². The van der Waals surface area contributed by atoms with Gasteiger partial charge in [0.25, 0.3) is 0 Å². The molecule has 0 saturated carbocycles. The summed E-state index contributed by atoms with van der Waals surface area (Å²) < 4.78 is 0. The van der Waals surface area contributed by atoms with Gasteiger partial charge >= 0.3 is 5.97 Å². The van der Waals surface area contributed by atoms with Crippen LogP contribution in [0.4, 0.5) is 5.69 Å². The summed E-state index contributed by atoms with van der Waals surface area (Å²) in [4.78, 5) is 13.5. The number of aliphatic carboxylic acids is 1. The maximum Gasteiger partial charge on any atom is 0.311 e. The number of hydrogen-bond acceptors (Lipinski definition) is 2. The van der Waals surface area contributed by atoms with Gasteiger partial charge in [0, 0.05) is 19.8 Å². The highest BCUT2D eigenvalue weighted by atomic mass is 16.4. The average Bonchev–Trinajstić information content (AvgIpc) is 2.45. The van der Waals surface area contributed by atoms with E-state index in [1.807, 2.05) is 73.6 Å². The molecule has 1 unspecified atom stereocenters. The van der Waals surface area contributed by atoms with Crippen molar-refractivity contribution in [2.75, 3.05) is 19.0 Å². The number of anilines is 1. The second kappa shape index (κ2) is 6.24. The van der Waals surface area contributed by atoms with Gasteiger partial charge in [0.1, 0.15) is 0 Å². The highest BCUT2D eigenvalue weighted by Gasteiger charge is 2.20. The van der Waals surface area contributed by atoms with Gasteiger partial charge in [-0.1, -0.05) is 42.5 Å². The molecule has 0 heterocycles. The molecule has 20 heavy (non-hydrogen) atoms. The van der Waals surface area contributed by atoms with Crippen LogP contribution in [0.1, 0.15) is 17.0 Å². The lowest BCUT2D eigenvalue weighted by Crippen LogP contribution is -2.15. The Bertz CT molecular complexity index is 579. The van der Waals surface area contributed by atoms with E-state index < -0.39 is 11.9 Å². The van der Waals surface area contributed by atoms with Crippen LogP contribution in [-0.4, -0.2) is 25.2 Å². The first kappa shape index (κ1) is 14.1. The van der Waals surface area contributed by atoms with Gasteiger partial charge in [-0.2, -0.15) is 0 Å². The molecular formula is C17H19NO2. The van der Waals surface area contributed by atoms with Gasteiger partial charge < -0.3 is 10.0 Å². The van der Waals surface area contributed by atoms with Gasteiger partial charge in [0.15, 0.2) is 0 Å². The topological polar surface area (TPSA) is 40.5 Å². The third-order valence-corrected chi connectivity index (χ3v) is 3.37. The SMILES string of the molecule is CN(C)c1cccc(CC(C(=O)O)c2ccccc2)c1. The molecule has 0 fully saturated rings. The molecule has 0 radical (unpaired) electrons. The van der Waals surface area contributed by atoms with E-state index in [1.165, 1.54) is 0 Å². The number of hydrogen-bond donors (Lipinski definition) is 1. The molecule has 0 aromatic heterocycles. The minimum atomic E-state index is -0.786. The zero-order valence-corrected chi connectivity index (χ0v) is 11.8. The summed E-state index contributed by atoms with van der Waals surface area (Å²) >= 11 is 0. The summed E-state index contributed by atoms with van der Waals surface area (Å²) in [7, 11) is 3.95. The van der Waals surface area contributed by atoms with Crippen molar-refractivity contribution in [3.05, 3.63) is 65.7 Å². The molecule has 0 aliphatic rings. The zero-order chi connectivity index (χ0) is 14.5. The third kappa shape index (κ3) is 3.38. The minimum Gasteiger partial charge on any atom is -0.481 e. The van der Waals surface area contributed by atoms with Crippen LogP contribution >= 0.6 is 0 Å². The lowest BCUT2D eigenvalue weighted by Gasteiger charge is -2.16. The molecule has 0 spiro atoms. The Labute approximate surface area is 119 Å². The van der Waals surface area contributed by atoms with E-state index in [0.29, 0.717) is 6.42 Å². The third-order valence-electron chi connectivity index (χ3n) is 3.37. The number of carbonyl (C=O) groups is 1. The van der Waals surface area contributed by atoms with E-state index >= 15 is 0 Å². The smallest absolute Gasteiger partial charge is 0.311 e. The van der Waals surface area contributed by atoms with Gasteiger partial charge in [-0.15, -0.1) is 0 Å². The predicted octanol–water partition coefficient (Wildman–Crippen LogP) is 3.16. The average molecular weight is 269 g/mol. The molecule has 0 aliphatic heterocycles. The van der Waals surface area contributed by atoms with Crippen molar-refractivity contribution in [2.45, 2.75) is 12.3 Å². The first-order valence-electron chi connectivity index (χ1n) is 6.62. The summed E-state index contributed by atoms with van der Waals surface area (Å²) in [5.41, 5.74) is 2.96. The predicted molar refractivity (Wildman–Crippen MR) is 81.3 cm³/mol. The Morgan fingerprint density at radius 3 is 2.40 bits per heavy atom. The molecule has 1 N–H and O–H groups in total. The summed E-state index contributed by atoms with van der Waals surface area (Å²) in [6, 6.07) is 17.4. The Balaban J connectivity index is 2.25. The van der Waals surface area contributed by atoms with Crippen molar-refractivity contribution in [1.82, 2.24) is 0 Å². The molecular weight excluding hydrogens is 250 g/mol. The van der Waals surface area contributed by atoms with Crippen LogP contribution in [0.15, 0.2) is 54.6 Å². The Kier molecular flexibility index (Phi) is 4.41. The van der Waals surface area contributed by atoms with Crippen molar-refractivity contribution in [2.24, 2.45) is 0 Å². The van der Waals surface area contributed by atoms with Crippen molar-refractivity contribution < 1.29 is 9.90 Å². The fourth-order valence-corrected chi connectivity index (χ4v) is 2.23. The fourth-order valence-electron chi connectivity index (χ4n) is 2.23. The van der Waals surface area contributed by atoms with Crippen LogP contribution in [0.3, 0.4) is 0 Å². The molecule has 0 bridgehead atoms. The summed E-state index contributed by atoms with van der Waals surface area (Å²) in [6.07, 6.45) is 0.501. The van der Waals surface area contributed by atoms with E-state index in [0.717, 1.165) is 16.8 Å². The summed E-state index contributed by atoms with van der Waals surface area (Å²) in [6.45, 7) is 0. The first-order chi connectivity index (χ1) is 9.58. The largest absolute Gasteiger partial charge is 0.481 e. The molecule has 2 aromatic rings. The van der Waals surface area contributed by atoms with E-state index in [-0.39, 0.29) is 0 Å². The molecule has 3 nitrogen and oxygen atoms in total. The summed E-state index contributed by atoms with van der Waals surface area (Å²) in [5.74, 6) is -1.29. The molecule has 2 aromatic carbocycles. The van der Waals surface area contributed by atoms with E-state index in [4.69, 9.17) is 0 Å². The quantitative estimate of drug-likeness (QED) is 0.906. The van der Waals surface area contributed by atoms with Crippen molar-refractivity contribution in [3.8, 4) is 0 Å². The van der Waals surface area contributed by atoms with Crippen molar-refractivity contribution >= 4 is 11.7 Å². The Morgan fingerprint density at radius 1 is 1.10 bits per heavy atom. The summed E-state index contributed by atoms with van der Waals surface area (Å²) in [5, 5.41) is 9.46. The number of nitrogens with zero attached hydrogens (tertiary/aromatic N) is 1. The number of rotatable bonds is 5. The molecule has 0 saturated heterocycles. The van der Waals surface area contributed by atoms with Crippen molar-refractivity contribution in [3.63, 3.8) is 0 Å². The van der Waals surface area contributed by atoms with Gasteiger partial charge in [0.2, 0.25) is 0 Å². The molecule has 3 heteroatoms. The molecule has 104 valence electrons. The second-order valence-electron chi connectivity index (χ2n) is 5.07. The number of benzene rings is 2. The monoisotopic (exact) mass is 269 g/mol. The number of carboxylic acids is 1. The van der Waals surface area contributed by atoms with E-state index in [1.54, 1.807) is 0 Å². The normalized spacial score (nSPS) is 11.9. The first-order valence-corrected chi connectivity index (χ1v) is 6.62. The Morgan fingerprint density at radius 2 is 1.80 bits per heavy atom. The van der Waals surface area contributed by atoms with Crippen LogP contribution in [-0.2, 0) is 11.2 Å². The molecule has 0 aliphatic carbocycles. The number of carboxylic acid groups (broad SMARTS) is 1. The van der Waals surface area contributed by atoms with Gasteiger partial charge in [-0.05, 0) is 29.7 Å². The van der Waals surface area contributed by atoms with Crippen LogP contribution in [0.5, 0.6) is 0 Å². The van der Waals surface area contributed by atoms with E-state index in [2.05, 4.69) is 0 Å². The molecule has 2 rings (SSSR count). The standard InChI is InChI=1S/C17H19NO2/c1-18(2)15-10-6-7-13(11-15)12-16(17(19)20)14-8-4-3-5-9-14/h3-11,16H,12H2,1-2H3,(H,19,20). The van der Waals surface area contributed by atoms with Crippen LogP contribution < -0.4 is 4.90 Å². The van der Waals surface area contributed by atoms with Crippen LogP contribution in [0.2, 0.25) is 0 Å². The zero-order valence-electron chi connectivity index (χ0n) is 11.8. The van der Waals surface area contributed by atoms with Gasteiger partial charge in [-0.25, -0.2) is 0 Å². The second-order valence-corrected chi connectivity index (χ2v) is 5.07. The van der Waals surface area contributed by atoms with Gasteiger partial charge in [0.05, 0.1) is 5.92 Å². The maximum atomic E-state index is 11.5. The molecule has 0 amide bonds. The van der Waals surface area contributed by atoms with Crippen LogP contribution in [0, 0.1) is 0 Å². The highest BCUT2D eigenvalue weighted by Crippen LogP contribution is 2.23.